The zero-order chi connectivity index (χ0) is 17.8. The number of carbonyl (C=O) groups is 1. The molecule has 0 aliphatic carbocycles. The Morgan fingerprint density at radius 2 is 1.60 bits per heavy atom. The average Bonchev–Trinajstić information content (AvgIpc) is 2.60. The molecule has 25 heavy (non-hydrogen) atoms. The van der Waals surface area contributed by atoms with Crippen LogP contribution in [0, 0.1) is 5.92 Å². The van der Waals surface area contributed by atoms with Crippen LogP contribution in [-0.2, 0) is 4.79 Å². The summed E-state index contributed by atoms with van der Waals surface area (Å²) in [4.78, 5) is 15.6. The van der Waals surface area contributed by atoms with Gasteiger partial charge in [-0.2, -0.15) is 0 Å². The van der Waals surface area contributed by atoms with Crippen LogP contribution in [0.2, 0.25) is 0 Å². The second kappa shape index (κ2) is 13.6. The standard InChI is InChI=1S/C17H28N4O3.HI/c1-13(2)16(22)19-9-10-20-17(18-3)21-11-12-24-15-7-5-14(23-4)6-8-15;/h5-8,13H,9-12H2,1-4H3,(H,19,22)(H2,18,20,21);1H. The Morgan fingerprint density at radius 1 is 1.04 bits per heavy atom. The minimum atomic E-state index is -0.00228. The summed E-state index contributed by atoms with van der Waals surface area (Å²) in [7, 11) is 3.33. The number of amides is 1. The number of halogens is 1. The zero-order valence-electron chi connectivity index (χ0n) is 15.3. The summed E-state index contributed by atoms with van der Waals surface area (Å²) in [6.45, 7) is 6.02. The molecule has 0 aliphatic heterocycles. The van der Waals surface area contributed by atoms with Gasteiger partial charge in [-0.1, -0.05) is 13.8 Å². The minimum absolute atomic E-state index is 0. The molecule has 142 valence electrons. The lowest BCUT2D eigenvalue weighted by Crippen LogP contribution is -2.43. The second-order valence-electron chi connectivity index (χ2n) is 5.40. The smallest absolute Gasteiger partial charge is 0.222 e. The Bertz CT molecular complexity index is 521. The highest BCUT2D eigenvalue weighted by atomic mass is 127. The first-order chi connectivity index (χ1) is 11.6. The van der Waals surface area contributed by atoms with Crippen LogP contribution in [0.4, 0.5) is 0 Å². The summed E-state index contributed by atoms with van der Waals surface area (Å²) in [5, 5.41) is 9.12. The van der Waals surface area contributed by atoms with Gasteiger partial charge in [-0.25, -0.2) is 0 Å². The van der Waals surface area contributed by atoms with Gasteiger partial charge in [0.25, 0.3) is 0 Å². The Hall–Kier alpha value is -1.71. The van der Waals surface area contributed by atoms with Gasteiger partial charge in [0.1, 0.15) is 18.1 Å². The molecule has 0 saturated heterocycles. The number of nitrogens with one attached hydrogen (secondary N) is 3. The van der Waals surface area contributed by atoms with Gasteiger partial charge >= 0.3 is 0 Å². The van der Waals surface area contributed by atoms with Crippen LogP contribution in [0.3, 0.4) is 0 Å². The number of aliphatic imine (C=N–C) groups is 1. The van der Waals surface area contributed by atoms with E-state index in [1.807, 2.05) is 38.1 Å². The topological polar surface area (TPSA) is 84.0 Å². The maximum Gasteiger partial charge on any atom is 0.222 e. The van der Waals surface area contributed by atoms with Crippen LogP contribution in [0.25, 0.3) is 0 Å². The van der Waals surface area contributed by atoms with Gasteiger partial charge < -0.3 is 25.4 Å². The number of hydrogen-bond acceptors (Lipinski definition) is 4. The largest absolute Gasteiger partial charge is 0.497 e. The molecule has 1 amide bonds. The summed E-state index contributed by atoms with van der Waals surface area (Å²) < 4.78 is 10.7. The Kier molecular flexibility index (Phi) is 12.6. The van der Waals surface area contributed by atoms with Crippen LogP contribution < -0.4 is 25.4 Å². The number of ether oxygens (including phenoxy) is 2. The predicted octanol–water partition coefficient (Wildman–Crippen LogP) is 1.63. The molecule has 0 atom stereocenters. The summed E-state index contributed by atoms with van der Waals surface area (Å²) in [5.74, 6) is 2.31. The van der Waals surface area contributed by atoms with Crippen LogP contribution in [0.5, 0.6) is 11.5 Å². The first kappa shape index (κ1) is 23.3. The average molecular weight is 464 g/mol. The third-order valence-corrected chi connectivity index (χ3v) is 3.19. The van der Waals surface area contributed by atoms with Gasteiger partial charge in [-0.05, 0) is 24.3 Å². The first-order valence-electron chi connectivity index (χ1n) is 8.06. The Balaban J connectivity index is 0.00000576. The molecule has 7 nitrogen and oxygen atoms in total. The number of methoxy groups -OCH3 is 1. The highest BCUT2D eigenvalue weighted by Crippen LogP contribution is 2.16. The molecular formula is C17H29IN4O3. The first-order valence-corrected chi connectivity index (χ1v) is 8.06. The molecule has 0 bridgehead atoms. The maximum absolute atomic E-state index is 11.4. The van der Waals surface area contributed by atoms with E-state index in [-0.39, 0.29) is 35.8 Å². The Labute approximate surface area is 167 Å². The van der Waals surface area contributed by atoms with E-state index in [0.29, 0.717) is 32.2 Å². The SMILES string of the molecule is CN=C(NCCNC(=O)C(C)C)NCCOc1ccc(OC)cc1.I. The van der Waals surface area contributed by atoms with E-state index < -0.39 is 0 Å². The fourth-order valence-corrected chi connectivity index (χ4v) is 1.80. The van der Waals surface area contributed by atoms with E-state index in [1.54, 1.807) is 14.2 Å². The molecule has 3 N–H and O–H groups in total. The van der Waals surface area contributed by atoms with Crippen molar-refractivity contribution in [2.45, 2.75) is 13.8 Å². The fourth-order valence-electron chi connectivity index (χ4n) is 1.80. The zero-order valence-corrected chi connectivity index (χ0v) is 17.6. The molecule has 0 aliphatic rings. The van der Waals surface area contributed by atoms with Gasteiger partial charge in [0.2, 0.25) is 5.91 Å². The second-order valence-corrected chi connectivity index (χ2v) is 5.40. The van der Waals surface area contributed by atoms with Crippen LogP contribution >= 0.6 is 24.0 Å². The number of hydrogen-bond donors (Lipinski definition) is 3. The van der Waals surface area contributed by atoms with Crippen molar-refractivity contribution in [2.24, 2.45) is 10.9 Å². The third-order valence-electron chi connectivity index (χ3n) is 3.19. The molecule has 0 heterocycles. The van der Waals surface area contributed by atoms with Gasteiger partial charge in [0, 0.05) is 26.1 Å². The highest BCUT2D eigenvalue weighted by molar-refractivity contribution is 14.0. The molecule has 1 aromatic rings. The lowest BCUT2D eigenvalue weighted by atomic mass is 10.2. The van der Waals surface area contributed by atoms with Gasteiger partial charge in [-0.15, -0.1) is 24.0 Å². The van der Waals surface area contributed by atoms with E-state index in [9.17, 15) is 4.79 Å². The summed E-state index contributed by atoms with van der Waals surface area (Å²) in [6.07, 6.45) is 0. The molecule has 0 spiro atoms. The van der Waals surface area contributed by atoms with Gasteiger partial charge in [0.05, 0.1) is 13.7 Å². The van der Waals surface area contributed by atoms with Gasteiger partial charge in [-0.3, -0.25) is 9.79 Å². The van der Waals surface area contributed by atoms with Crippen molar-refractivity contribution in [3.8, 4) is 11.5 Å². The van der Waals surface area contributed by atoms with Crippen LogP contribution in [-0.4, -0.2) is 52.3 Å². The number of benzene rings is 1. The van der Waals surface area contributed by atoms with E-state index in [2.05, 4.69) is 20.9 Å². The summed E-state index contributed by atoms with van der Waals surface area (Å²) in [5.41, 5.74) is 0. The third kappa shape index (κ3) is 10.0. The van der Waals surface area contributed by atoms with E-state index in [0.717, 1.165) is 11.5 Å². The minimum Gasteiger partial charge on any atom is -0.497 e. The normalized spacial score (nSPS) is 10.7. The maximum atomic E-state index is 11.4. The molecule has 0 radical (unpaired) electrons. The molecule has 0 unspecified atom stereocenters. The molecule has 0 fully saturated rings. The number of carbonyl (C=O) groups excluding carboxylic acids is 1. The van der Waals surface area contributed by atoms with Crippen molar-refractivity contribution < 1.29 is 14.3 Å². The van der Waals surface area contributed by atoms with E-state index >= 15 is 0 Å². The molecule has 0 aromatic heterocycles. The summed E-state index contributed by atoms with van der Waals surface area (Å²) >= 11 is 0. The van der Waals surface area contributed by atoms with Gasteiger partial charge in [0.15, 0.2) is 5.96 Å². The van der Waals surface area contributed by atoms with Crippen molar-refractivity contribution in [2.75, 3.05) is 40.4 Å². The van der Waals surface area contributed by atoms with Crippen LogP contribution in [0.1, 0.15) is 13.8 Å². The van der Waals surface area contributed by atoms with Crippen molar-refractivity contribution >= 4 is 35.8 Å². The van der Waals surface area contributed by atoms with Crippen LogP contribution in [0.15, 0.2) is 29.3 Å². The lowest BCUT2D eigenvalue weighted by Gasteiger charge is -2.13. The van der Waals surface area contributed by atoms with E-state index in [4.69, 9.17) is 9.47 Å². The van der Waals surface area contributed by atoms with Crippen molar-refractivity contribution in [3.05, 3.63) is 24.3 Å². The molecular weight excluding hydrogens is 435 g/mol. The molecule has 1 aromatic carbocycles. The van der Waals surface area contributed by atoms with Crippen molar-refractivity contribution in [1.29, 1.82) is 0 Å². The van der Waals surface area contributed by atoms with E-state index in [1.165, 1.54) is 0 Å². The molecule has 1 rings (SSSR count). The monoisotopic (exact) mass is 464 g/mol. The molecule has 0 saturated carbocycles. The number of nitrogens with zero attached hydrogens (tertiary/aromatic N) is 1. The number of guanidine groups is 1. The predicted molar refractivity (Wildman–Crippen MR) is 111 cm³/mol. The highest BCUT2D eigenvalue weighted by Gasteiger charge is 2.05. The van der Waals surface area contributed by atoms with Crippen molar-refractivity contribution in [3.63, 3.8) is 0 Å². The quantitative estimate of drug-likeness (QED) is 0.224. The van der Waals surface area contributed by atoms with Crippen molar-refractivity contribution in [1.82, 2.24) is 16.0 Å². The number of rotatable bonds is 9. The summed E-state index contributed by atoms with van der Waals surface area (Å²) in [6, 6.07) is 7.44. The fraction of sp³-hybridized carbons (Fsp3) is 0.529. The Morgan fingerprint density at radius 3 is 2.16 bits per heavy atom. The molecule has 8 heteroatoms. The lowest BCUT2D eigenvalue weighted by molar-refractivity contribution is -0.123.